The summed E-state index contributed by atoms with van der Waals surface area (Å²) < 4.78 is 5.31. The summed E-state index contributed by atoms with van der Waals surface area (Å²) in [5.41, 5.74) is 0. The number of hydrogen-bond acceptors (Lipinski definition) is 3. The quantitative estimate of drug-likeness (QED) is 0.620. The van der Waals surface area contributed by atoms with Crippen LogP contribution in [0.25, 0.3) is 0 Å². The molecule has 6 heteroatoms. The predicted octanol–water partition coefficient (Wildman–Crippen LogP) is 1.21. The van der Waals surface area contributed by atoms with Crippen LogP contribution >= 0.6 is 0 Å². The van der Waals surface area contributed by atoms with Gasteiger partial charge in [0.25, 0.3) is 0 Å². The highest BCUT2D eigenvalue weighted by Crippen LogP contribution is 2.32. The molecule has 1 saturated carbocycles. The molecule has 2 unspecified atom stereocenters. The molecular weight excluding hydrogens is 248 g/mol. The van der Waals surface area contributed by atoms with E-state index in [1.54, 1.807) is 0 Å². The van der Waals surface area contributed by atoms with Crippen molar-refractivity contribution in [1.29, 1.82) is 0 Å². The fourth-order valence-corrected chi connectivity index (χ4v) is 1.81. The number of urea groups is 1. The van der Waals surface area contributed by atoms with Crippen LogP contribution in [0.2, 0.25) is 0 Å². The number of ether oxygens (including phenoxy) is 1. The van der Waals surface area contributed by atoms with Crippen LogP contribution in [0.1, 0.15) is 33.6 Å². The third kappa shape index (κ3) is 5.46. The van der Waals surface area contributed by atoms with E-state index in [0.717, 1.165) is 12.8 Å². The van der Waals surface area contributed by atoms with Crippen LogP contribution in [0.3, 0.4) is 0 Å². The van der Waals surface area contributed by atoms with Crippen molar-refractivity contribution in [2.24, 2.45) is 11.8 Å². The first-order valence-electron chi connectivity index (χ1n) is 6.83. The molecule has 1 aliphatic rings. The second-order valence-corrected chi connectivity index (χ2v) is 5.28. The molecule has 1 fully saturated rings. The van der Waals surface area contributed by atoms with Gasteiger partial charge in [-0.2, -0.15) is 0 Å². The number of hydrogen-bond donors (Lipinski definition) is 3. The van der Waals surface area contributed by atoms with Gasteiger partial charge in [0.2, 0.25) is 0 Å². The van der Waals surface area contributed by atoms with E-state index in [2.05, 4.69) is 10.6 Å². The van der Waals surface area contributed by atoms with Gasteiger partial charge in [-0.05, 0) is 31.6 Å². The fourth-order valence-electron chi connectivity index (χ4n) is 1.81. The zero-order valence-corrected chi connectivity index (χ0v) is 11.8. The Bertz CT molecular complexity index is 316. The van der Waals surface area contributed by atoms with Crippen LogP contribution in [0.4, 0.5) is 4.79 Å². The van der Waals surface area contributed by atoms with Crippen molar-refractivity contribution in [3.63, 3.8) is 0 Å². The minimum absolute atomic E-state index is 0.0765. The average molecular weight is 272 g/mol. The van der Waals surface area contributed by atoms with Crippen molar-refractivity contribution in [1.82, 2.24) is 10.6 Å². The first-order valence-corrected chi connectivity index (χ1v) is 6.83. The number of nitrogens with one attached hydrogen (secondary N) is 2. The van der Waals surface area contributed by atoms with Gasteiger partial charge in [0, 0.05) is 6.61 Å². The summed E-state index contributed by atoms with van der Waals surface area (Å²) in [5, 5.41) is 14.4. The molecule has 2 atom stereocenters. The molecule has 0 aliphatic heterocycles. The third-order valence-electron chi connectivity index (χ3n) is 3.27. The summed E-state index contributed by atoms with van der Waals surface area (Å²) in [6.07, 6.45) is 1.73. The van der Waals surface area contributed by atoms with Crippen LogP contribution < -0.4 is 10.6 Å². The second-order valence-electron chi connectivity index (χ2n) is 5.28. The van der Waals surface area contributed by atoms with Gasteiger partial charge in [-0.15, -0.1) is 0 Å². The smallest absolute Gasteiger partial charge is 0.326 e. The minimum Gasteiger partial charge on any atom is -0.480 e. The minimum atomic E-state index is -0.969. The van der Waals surface area contributed by atoms with Gasteiger partial charge < -0.3 is 20.5 Å². The monoisotopic (exact) mass is 272 g/mol. The first-order chi connectivity index (χ1) is 8.95. The van der Waals surface area contributed by atoms with E-state index in [-0.39, 0.29) is 17.9 Å². The van der Waals surface area contributed by atoms with E-state index in [1.165, 1.54) is 0 Å². The molecule has 1 aliphatic carbocycles. The van der Waals surface area contributed by atoms with E-state index in [0.29, 0.717) is 13.2 Å². The first kappa shape index (κ1) is 15.8. The second kappa shape index (κ2) is 7.33. The van der Waals surface area contributed by atoms with Gasteiger partial charge in [-0.3, -0.25) is 0 Å². The Labute approximate surface area is 113 Å². The number of carbonyl (C=O) groups excluding carboxylic acids is 1. The molecule has 110 valence electrons. The topological polar surface area (TPSA) is 87.7 Å². The molecule has 1 rings (SSSR count). The van der Waals surface area contributed by atoms with Crippen LogP contribution in [0.5, 0.6) is 0 Å². The largest absolute Gasteiger partial charge is 0.480 e. The van der Waals surface area contributed by atoms with Crippen molar-refractivity contribution >= 4 is 12.0 Å². The van der Waals surface area contributed by atoms with Crippen LogP contribution in [-0.2, 0) is 9.53 Å². The van der Waals surface area contributed by atoms with Gasteiger partial charge in [0.05, 0.1) is 12.6 Å². The Morgan fingerprint density at radius 2 is 1.95 bits per heavy atom. The zero-order valence-electron chi connectivity index (χ0n) is 11.8. The van der Waals surface area contributed by atoms with Crippen molar-refractivity contribution in [3.8, 4) is 0 Å². The van der Waals surface area contributed by atoms with Gasteiger partial charge in [-0.1, -0.05) is 13.8 Å². The highest BCUT2D eigenvalue weighted by Gasteiger charge is 2.37. The molecule has 19 heavy (non-hydrogen) atoms. The Balaban J connectivity index is 2.44. The highest BCUT2D eigenvalue weighted by atomic mass is 16.5. The summed E-state index contributed by atoms with van der Waals surface area (Å²) in [7, 11) is 0. The normalized spacial score (nSPS) is 17.9. The molecule has 0 aromatic carbocycles. The van der Waals surface area contributed by atoms with Gasteiger partial charge in [-0.25, -0.2) is 9.59 Å². The van der Waals surface area contributed by atoms with Crippen molar-refractivity contribution in [2.45, 2.75) is 45.7 Å². The van der Waals surface area contributed by atoms with E-state index in [1.807, 2.05) is 20.8 Å². The standard InChI is InChI=1S/C13H24N2O4/c1-4-19-7-10(8(2)3)14-13(18)15-11(12(16)17)9-5-6-9/h8-11H,4-7H2,1-3H3,(H,16,17)(H2,14,15,18). The van der Waals surface area contributed by atoms with E-state index < -0.39 is 18.0 Å². The Morgan fingerprint density at radius 1 is 1.32 bits per heavy atom. The zero-order chi connectivity index (χ0) is 14.4. The van der Waals surface area contributed by atoms with E-state index in [4.69, 9.17) is 9.84 Å². The van der Waals surface area contributed by atoms with Crippen molar-refractivity contribution in [2.75, 3.05) is 13.2 Å². The molecule has 6 nitrogen and oxygen atoms in total. The number of aliphatic carboxylic acids is 1. The van der Waals surface area contributed by atoms with E-state index in [9.17, 15) is 9.59 Å². The van der Waals surface area contributed by atoms with E-state index >= 15 is 0 Å². The maximum absolute atomic E-state index is 11.8. The summed E-state index contributed by atoms with van der Waals surface area (Å²) in [5.74, 6) is -0.669. The molecule has 0 heterocycles. The lowest BCUT2D eigenvalue weighted by Gasteiger charge is -2.23. The van der Waals surface area contributed by atoms with Crippen LogP contribution in [0.15, 0.2) is 0 Å². The number of carboxylic acids is 1. The number of rotatable bonds is 8. The molecule has 0 bridgehead atoms. The molecular formula is C13H24N2O4. The Morgan fingerprint density at radius 3 is 2.37 bits per heavy atom. The maximum atomic E-state index is 11.8. The summed E-state index contributed by atoms with van der Waals surface area (Å²) in [6.45, 7) is 6.89. The average Bonchev–Trinajstić information content (AvgIpc) is 3.14. The lowest BCUT2D eigenvalue weighted by atomic mass is 10.1. The molecule has 0 aromatic rings. The summed E-state index contributed by atoms with van der Waals surface area (Å²) >= 11 is 0. The predicted molar refractivity (Wildman–Crippen MR) is 70.9 cm³/mol. The Hall–Kier alpha value is -1.30. The number of amides is 2. The summed E-state index contributed by atoms with van der Waals surface area (Å²) in [6, 6.07) is -1.33. The van der Waals surface area contributed by atoms with Gasteiger partial charge in [0.1, 0.15) is 6.04 Å². The lowest BCUT2D eigenvalue weighted by molar-refractivity contribution is -0.139. The SMILES string of the molecule is CCOCC(NC(=O)NC(C(=O)O)C1CC1)C(C)C. The summed E-state index contributed by atoms with van der Waals surface area (Å²) in [4.78, 5) is 22.9. The van der Waals surface area contributed by atoms with Crippen LogP contribution in [0, 0.1) is 11.8 Å². The van der Waals surface area contributed by atoms with Crippen molar-refractivity contribution < 1.29 is 19.4 Å². The van der Waals surface area contributed by atoms with Crippen molar-refractivity contribution in [3.05, 3.63) is 0 Å². The molecule has 2 amide bonds. The highest BCUT2D eigenvalue weighted by molar-refractivity contribution is 5.83. The molecule has 3 N–H and O–H groups in total. The molecule has 0 radical (unpaired) electrons. The molecule has 0 saturated heterocycles. The number of carbonyl (C=O) groups is 2. The molecule has 0 spiro atoms. The van der Waals surface area contributed by atoms with Crippen LogP contribution in [-0.4, -0.2) is 42.4 Å². The molecule has 0 aromatic heterocycles. The van der Waals surface area contributed by atoms with Gasteiger partial charge >= 0.3 is 12.0 Å². The Kier molecular flexibility index (Phi) is 6.08. The van der Waals surface area contributed by atoms with Gasteiger partial charge in [0.15, 0.2) is 0 Å². The maximum Gasteiger partial charge on any atom is 0.326 e. The number of carboxylic acid groups (broad SMARTS) is 1. The third-order valence-corrected chi connectivity index (χ3v) is 3.27. The fraction of sp³-hybridized carbons (Fsp3) is 0.846. The lowest BCUT2D eigenvalue weighted by Crippen LogP contribution is -2.52.